The summed E-state index contributed by atoms with van der Waals surface area (Å²) in [4.78, 5) is 23.8. The van der Waals surface area contributed by atoms with Crippen molar-refractivity contribution < 1.29 is 14.7 Å². The molecule has 0 atom stereocenters. The molecule has 8 nitrogen and oxygen atoms in total. The predicted molar refractivity (Wildman–Crippen MR) is 62.7 cm³/mol. The number of amides is 1. The van der Waals surface area contributed by atoms with Gasteiger partial charge in [0.15, 0.2) is 0 Å². The standard InChI is InChI=1S/C10H17N5O3/c1-14(2)4-3-9(16)11-5-8-6-15(13-12-8)7-10(17)18/h6H,3-5,7H2,1-2H3,(H,11,16)(H,17,18). The van der Waals surface area contributed by atoms with Crippen LogP contribution in [-0.2, 0) is 22.7 Å². The molecule has 1 aromatic heterocycles. The van der Waals surface area contributed by atoms with E-state index in [1.807, 2.05) is 19.0 Å². The molecule has 0 bridgehead atoms. The Morgan fingerprint density at radius 3 is 2.83 bits per heavy atom. The Bertz CT molecular complexity index is 415. The van der Waals surface area contributed by atoms with E-state index in [1.54, 1.807) is 0 Å². The van der Waals surface area contributed by atoms with Gasteiger partial charge in [0.25, 0.3) is 0 Å². The molecule has 0 unspecified atom stereocenters. The van der Waals surface area contributed by atoms with Gasteiger partial charge in [-0.05, 0) is 14.1 Å². The fraction of sp³-hybridized carbons (Fsp3) is 0.600. The summed E-state index contributed by atoms with van der Waals surface area (Å²) in [6.45, 7) is 0.699. The van der Waals surface area contributed by atoms with Crippen LogP contribution in [0, 0.1) is 0 Å². The van der Waals surface area contributed by atoms with Gasteiger partial charge in [0.05, 0.1) is 12.7 Å². The van der Waals surface area contributed by atoms with Crippen LogP contribution in [0.25, 0.3) is 0 Å². The zero-order valence-corrected chi connectivity index (χ0v) is 10.5. The molecule has 0 aliphatic heterocycles. The quantitative estimate of drug-likeness (QED) is 0.643. The Balaban J connectivity index is 2.32. The summed E-state index contributed by atoms with van der Waals surface area (Å²) in [5.74, 6) is -1.06. The van der Waals surface area contributed by atoms with Crippen molar-refractivity contribution in [1.29, 1.82) is 0 Å². The fourth-order valence-electron chi connectivity index (χ4n) is 1.24. The molecule has 0 spiro atoms. The van der Waals surface area contributed by atoms with E-state index in [9.17, 15) is 9.59 Å². The topological polar surface area (TPSA) is 100 Å². The summed E-state index contributed by atoms with van der Waals surface area (Å²) in [6, 6.07) is 0. The highest BCUT2D eigenvalue weighted by Crippen LogP contribution is 1.93. The number of nitrogens with zero attached hydrogens (tertiary/aromatic N) is 4. The number of nitrogens with one attached hydrogen (secondary N) is 1. The van der Waals surface area contributed by atoms with E-state index < -0.39 is 5.97 Å². The maximum Gasteiger partial charge on any atom is 0.325 e. The van der Waals surface area contributed by atoms with Gasteiger partial charge in [0, 0.05) is 13.0 Å². The minimum atomic E-state index is -0.985. The third-order valence-electron chi connectivity index (χ3n) is 2.14. The van der Waals surface area contributed by atoms with Crippen LogP contribution in [0.3, 0.4) is 0 Å². The van der Waals surface area contributed by atoms with Crippen molar-refractivity contribution in [2.75, 3.05) is 20.6 Å². The van der Waals surface area contributed by atoms with Crippen LogP contribution in [0.1, 0.15) is 12.1 Å². The number of hydrogen-bond donors (Lipinski definition) is 2. The van der Waals surface area contributed by atoms with E-state index in [-0.39, 0.29) is 19.0 Å². The number of aromatic nitrogens is 3. The first kappa shape index (κ1) is 14.1. The van der Waals surface area contributed by atoms with Crippen LogP contribution < -0.4 is 5.32 Å². The van der Waals surface area contributed by atoms with E-state index >= 15 is 0 Å². The van der Waals surface area contributed by atoms with Crippen molar-refractivity contribution in [3.05, 3.63) is 11.9 Å². The lowest BCUT2D eigenvalue weighted by atomic mass is 10.3. The van der Waals surface area contributed by atoms with Gasteiger partial charge in [0.2, 0.25) is 5.91 Å². The second-order valence-electron chi connectivity index (χ2n) is 4.13. The molecule has 0 saturated carbocycles. The Morgan fingerprint density at radius 2 is 2.22 bits per heavy atom. The molecule has 0 saturated heterocycles. The van der Waals surface area contributed by atoms with Gasteiger partial charge in [-0.3, -0.25) is 9.59 Å². The van der Waals surface area contributed by atoms with Crippen molar-refractivity contribution in [1.82, 2.24) is 25.2 Å². The molecule has 0 aliphatic rings. The lowest BCUT2D eigenvalue weighted by Gasteiger charge is -2.08. The van der Waals surface area contributed by atoms with Gasteiger partial charge in [0.1, 0.15) is 12.2 Å². The summed E-state index contributed by atoms with van der Waals surface area (Å²) >= 11 is 0. The van der Waals surface area contributed by atoms with Crippen molar-refractivity contribution >= 4 is 11.9 Å². The first-order valence-electron chi connectivity index (χ1n) is 5.49. The maximum atomic E-state index is 11.4. The Morgan fingerprint density at radius 1 is 1.50 bits per heavy atom. The first-order valence-corrected chi connectivity index (χ1v) is 5.49. The van der Waals surface area contributed by atoms with Crippen LogP contribution in [-0.4, -0.2) is 57.5 Å². The number of aliphatic carboxylic acids is 1. The van der Waals surface area contributed by atoms with Crippen LogP contribution in [0.2, 0.25) is 0 Å². The van der Waals surface area contributed by atoms with Crippen LogP contribution in [0.5, 0.6) is 0 Å². The SMILES string of the molecule is CN(C)CCC(=O)NCc1cn(CC(=O)O)nn1. The fourth-order valence-corrected chi connectivity index (χ4v) is 1.24. The predicted octanol–water partition coefficient (Wildman–Crippen LogP) is -1.07. The number of hydrogen-bond acceptors (Lipinski definition) is 5. The van der Waals surface area contributed by atoms with E-state index in [0.717, 1.165) is 0 Å². The van der Waals surface area contributed by atoms with Crippen LogP contribution in [0.15, 0.2) is 6.20 Å². The van der Waals surface area contributed by atoms with Crippen LogP contribution >= 0.6 is 0 Å². The highest BCUT2D eigenvalue weighted by atomic mass is 16.4. The number of carbonyl (C=O) groups is 2. The van der Waals surface area contributed by atoms with Crippen molar-refractivity contribution in [3.63, 3.8) is 0 Å². The largest absolute Gasteiger partial charge is 0.480 e. The lowest BCUT2D eigenvalue weighted by molar-refractivity contribution is -0.138. The third kappa shape index (κ3) is 5.39. The number of rotatable bonds is 7. The normalized spacial score (nSPS) is 10.6. The summed E-state index contributed by atoms with van der Waals surface area (Å²) in [5, 5.41) is 18.6. The highest BCUT2D eigenvalue weighted by Gasteiger charge is 2.06. The second-order valence-corrected chi connectivity index (χ2v) is 4.13. The molecule has 0 fully saturated rings. The minimum Gasteiger partial charge on any atom is -0.480 e. The molecule has 1 rings (SSSR count). The molecule has 1 aromatic rings. The summed E-state index contributed by atoms with van der Waals surface area (Å²) in [6.07, 6.45) is 1.91. The average Bonchev–Trinajstić information content (AvgIpc) is 2.70. The lowest BCUT2D eigenvalue weighted by Crippen LogP contribution is -2.27. The molecule has 0 aliphatic carbocycles. The summed E-state index contributed by atoms with van der Waals surface area (Å²) in [7, 11) is 3.79. The number of carboxylic acid groups (broad SMARTS) is 1. The summed E-state index contributed by atoms with van der Waals surface area (Å²) < 4.78 is 1.21. The van der Waals surface area contributed by atoms with Gasteiger partial charge >= 0.3 is 5.97 Å². The Kier molecular flexibility index (Phi) is 5.25. The molecule has 0 radical (unpaired) electrons. The van der Waals surface area contributed by atoms with Crippen molar-refractivity contribution in [3.8, 4) is 0 Å². The molecule has 1 heterocycles. The molecule has 18 heavy (non-hydrogen) atoms. The van der Waals surface area contributed by atoms with Gasteiger partial charge in [-0.25, -0.2) is 4.68 Å². The molecule has 8 heteroatoms. The molecular weight excluding hydrogens is 238 g/mol. The first-order chi connectivity index (χ1) is 8.47. The number of carbonyl (C=O) groups excluding carboxylic acids is 1. The Hall–Kier alpha value is -1.96. The van der Waals surface area contributed by atoms with E-state index in [4.69, 9.17) is 5.11 Å². The molecule has 2 N–H and O–H groups in total. The van der Waals surface area contributed by atoms with Gasteiger partial charge in [-0.15, -0.1) is 5.10 Å². The second kappa shape index (κ2) is 6.70. The monoisotopic (exact) mass is 255 g/mol. The molecular formula is C10H17N5O3. The van der Waals surface area contributed by atoms with E-state index in [1.165, 1.54) is 10.9 Å². The van der Waals surface area contributed by atoms with Crippen molar-refractivity contribution in [2.24, 2.45) is 0 Å². The molecule has 0 aromatic carbocycles. The zero-order chi connectivity index (χ0) is 13.5. The average molecular weight is 255 g/mol. The van der Waals surface area contributed by atoms with Crippen LogP contribution in [0.4, 0.5) is 0 Å². The third-order valence-corrected chi connectivity index (χ3v) is 2.14. The van der Waals surface area contributed by atoms with E-state index in [2.05, 4.69) is 15.6 Å². The van der Waals surface area contributed by atoms with Crippen molar-refractivity contribution in [2.45, 2.75) is 19.5 Å². The molecule has 100 valence electrons. The highest BCUT2D eigenvalue weighted by molar-refractivity contribution is 5.75. The smallest absolute Gasteiger partial charge is 0.325 e. The van der Waals surface area contributed by atoms with Gasteiger partial charge in [-0.2, -0.15) is 0 Å². The van der Waals surface area contributed by atoms with Gasteiger partial charge in [-0.1, -0.05) is 5.21 Å². The number of carboxylic acids is 1. The summed E-state index contributed by atoms with van der Waals surface area (Å²) in [5.41, 5.74) is 0.537. The maximum absolute atomic E-state index is 11.4. The van der Waals surface area contributed by atoms with E-state index in [0.29, 0.717) is 18.7 Å². The van der Waals surface area contributed by atoms with Gasteiger partial charge < -0.3 is 15.3 Å². The minimum absolute atomic E-state index is 0.0727. The zero-order valence-electron chi connectivity index (χ0n) is 10.5. The molecule has 1 amide bonds. The Labute approximate surface area is 105 Å².